The van der Waals surface area contributed by atoms with E-state index in [1.54, 1.807) is 0 Å². The van der Waals surface area contributed by atoms with Crippen LogP contribution in [0.1, 0.15) is 56.1 Å². The molecule has 4 nitrogen and oxygen atoms in total. The van der Waals surface area contributed by atoms with E-state index in [4.69, 9.17) is 0 Å². The molecule has 1 fully saturated rings. The highest BCUT2D eigenvalue weighted by Gasteiger charge is 2.12. The maximum Gasteiger partial charge on any atom is 0.315 e. The molecular formula is C18H28N2O2. The fraction of sp³-hybridized carbons (Fsp3) is 0.611. The van der Waals surface area contributed by atoms with Crippen molar-refractivity contribution in [2.24, 2.45) is 5.92 Å². The Kier molecular flexibility index (Phi) is 7.23. The first kappa shape index (κ1) is 16.8. The van der Waals surface area contributed by atoms with Gasteiger partial charge in [0.25, 0.3) is 0 Å². The van der Waals surface area contributed by atoms with Crippen molar-refractivity contribution in [3.05, 3.63) is 35.4 Å². The highest BCUT2D eigenvalue weighted by molar-refractivity contribution is 5.73. The number of aliphatic hydroxyl groups excluding tert-OH is 1. The Morgan fingerprint density at radius 3 is 2.32 bits per heavy atom. The molecule has 1 saturated carbocycles. The minimum absolute atomic E-state index is 0.00153. The van der Waals surface area contributed by atoms with Gasteiger partial charge in [-0.3, -0.25) is 0 Å². The third-order valence-corrected chi connectivity index (χ3v) is 4.50. The summed E-state index contributed by atoms with van der Waals surface area (Å²) >= 11 is 0. The van der Waals surface area contributed by atoms with Crippen molar-refractivity contribution in [3.8, 4) is 0 Å². The molecule has 0 bridgehead atoms. The van der Waals surface area contributed by atoms with Crippen molar-refractivity contribution in [2.45, 2.75) is 58.1 Å². The van der Waals surface area contributed by atoms with Crippen LogP contribution >= 0.6 is 0 Å². The summed E-state index contributed by atoms with van der Waals surface area (Å²) in [6.07, 6.45) is 9.07. The number of urea groups is 1. The molecule has 3 N–H and O–H groups in total. The molecule has 1 aliphatic rings. The second-order valence-corrected chi connectivity index (χ2v) is 6.20. The molecule has 2 amide bonds. The van der Waals surface area contributed by atoms with Crippen LogP contribution in [0.3, 0.4) is 0 Å². The highest BCUT2D eigenvalue weighted by Crippen LogP contribution is 2.21. The topological polar surface area (TPSA) is 61.4 Å². The Morgan fingerprint density at radius 2 is 1.64 bits per heavy atom. The monoisotopic (exact) mass is 304 g/mol. The zero-order valence-electron chi connectivity index (χ0n) is 13.3. The van der Waals surface area contributed by atoms with E-state index in [9.17, 15) is 9.90 Å². The van der Waals surface area contributed by atoms with Crippen molar-refractivity contribution < 1.29 is 9.90 Å². The highest BCUT2D eigenvalue weighted by atomic mass is 16.3. The summed E-state index contributed by atoms with van der Waals surface area (Å²) in [5.41, 5.74) is 1.83. The van der Waals surface area contributed by atoms with Crippen molar-refractivity contribution in [2.75, 3.05) is 6.54 Å². The summed E-state index contributed by atoms with van der Waals surface area (Å²) < 4.78 is 0. The molecule has 0 atom stereocenters. The van der Waals surface area contributed by atoms with Gasteiger partial charge in [0.2, 0.25) is 0 Å². The predicted molar refractivity (Wildman–Crippen MR) is 88.4 cm³/mol. The molecule has 0 unspecified atom stereocenters. The van der Waals surface area contributed by atoms with Gasteiger partial charge >= 0.3 is 6.03 Å². The fourth-order valence-corrected chi connectivity index (χ4v) is 3.10. The number of rotatable bonds is 5. The first-order chi connectivity index (χ1) is 10.8. The van der Waals surface area contributed by atoms with Gasteiger partial charge in [-0.15, -0.1) is 0 Å². The van der Waals surface area contributed by atoms with Gasteiger partial charge in [0.05, 0.1) is 6.61 Å². The third-order valence-electron chi connectivity index (χ3n) is 4.50. The summed E-state index contributed by atoms with van der Waals surface area (Å²) in [6, 6.07) is 7.51. The Hall–Kier alpha value is -1.55. The van der Waals surface area contributed by atoms with Gasteiger partial charge in [-0.1, -0.05) is 56.4 Å². The Balaban J connectivity index is 1.71. The molecule has 0 radical (unpaired) electrons. The molecular weight excluding hydrogens is 276 g/mol. The minimum atomic E-state index is -0.116. The van der Waals surface area contributed by atoms with Gasteiger partial charge in [-0.2, -0.15) is 0 Å². The van der Waals surface area contributed by atoms with Crippen LogP contribution in [-0.2, 0) is 13.2 Å². The van der Waals surface area contributed by atoms with Crippen molar-refractivity contribution >= 4 is 6.03 Å². The average Bonchev–Trinajstić information content (AvgIpc) is 2.52. The van der Waals surface area contributed by atoms with Gasteiger partial charge in [0, 0.05) is 13.1 Å². The number of hydrogen-bond acceptors (Lipinski definition) is 2. The average molecular weight is 304 g/mol. The van der Waals surface area contributed by atoms with Crippen LogP contribution in [0.25, 0.3) is 0 Å². The quantitative estimate of drug-likeness (QED) is 0.781. The van der Waals surface area contributed by atoms with Gasteiger partial charge in [-0.25, -0.2) is 4.79 Å². The Morgan fingerprint density at radius 1 is 1.00 bits per heavy atom. The number of benzene rings is 1. The number of nitrogens with one attached hydrogen (secondary N) is 2. The summed E-state index contributed by atoms with van der Waals surface area (Å²) in [7, 11) is 0. The van der Waals surface area contributed by atoms with Gasteiger partial charge in [0.1, 0.15) is 0 Å². The summed E-state index contributed by atoms with van der Waals surface area (Å²) in [5, 5.41) is 15.2. The largest absolute Gasteiger partial charge is 0.392 e. The van der Waals surface area contributed by atoms with Gasteiger partial charge in [-0.05, 0) is 29.9 Å². The van der Waals surface area contributed by atoms with E-state index in [1.165, 1.54) is 44.9 Å². The third kappa shape index (κ3) is 5.68. The molecule has 1 aromatic rings. The number of carbonyl (C=O) groups is 1. The fourth-order valence-electron chi connectivity index (χ4n) is 3.10. The number of amides is 2. The van der Waals surface area contributed by atoms with Gasteiger partial charge < -0.3 is 15.7 Å². The van der Waals surface area contributed by atoms with E-state index in [2.05, 4.69) is 10.6 Å². The molecule has 1 aromatic carbocycles. The molecule has 0 heterocycles. The van der Waals surface area contributed by atoms with E-state index in [1.807, 2.05) is 24.3 Å². The van der Waals surface area contributed by atoms with Crippen molar-refractivity contribution in [3.63, 3.8) is 0 Å². The van der Waals surface area contributed by atoms with Crippen LogP contribution in [0.5, 0.6) is 0 Å². The molecule has 1 aliphatic carbocycles. The molecule has 0 saturated heterocycles. The van der Waals surface area contributed by atoms with E-state index in [0.717, 1.165) is 17.7 Å². The number of carbonyl (C=O) groups excluding carboxylic acids is 1. The number of hydrogen-bond donors (Lipinski definition) is 3. The smallest absolute Gasteiger partial charge is 0.315 e. The lowest BCUT2D eigenvalue weighted by atomic mass is 9.91. The standard InChI is InChI=1S/C18H28N2O2/c21-14-17-11-7-6-10-16(17)13-20-18(22)19-12-15-8-4-2-1-3-5-9-15/h6-7,10-11,15,21H,1-5,8-9,12-14H2,(H2,19,20,22). The van der Waals surface area contributed by atoms with Crippen LogP contribution in [0.4, 0.5) is 4.79 Å². The first-order valence-corrected chi connectivity index (χ1v) is 8.49. The number of aliphatic hydroxyl groups is 1. The second-order valence-electron chi connectivity index (χ2n) is 6.20. The lowest BCUT2D eigenvalue weighted by molar-refractivity contribution is 0.236. The van der Waals surface area contributed by atoms with Crippen molar-refractivity contribution in [1.29, 1.82) is 0 Å². The zero-order valence-corrected chi connectivity index (χ0v) is 13.3. The van der Waals surface area contributed by atoms with Crippen LogP contribution in [0.2, 0.25) is 0 Å². The van der Waals surface area contributed by atoms with E-state index >= 15 is 0 Å². The van der Waals surface area contributed by atoms with Crippen LogP contribution < -0.4 is 10.6 Å². The van der Waals surface area contributed by atoms with E-state index in [-0.39, 0.29) is 12.6 Å². The lowest BCUT2D eigenvalue weighted by Gasteiger charge is -2.20. The van der Waals surface area contributed by atoms with Crippen molar-refractivity contribution in [1.82, 2.24) is 10.6 Å². The molecule has 4 heteroatoms. The Bertz CT molecular complexity index is 454. The van der Waals surface area contributed by atoms with Crippen LogP contribution in [0.15, 0.2) is 24.3 Å². The Labute approximate surface area is 133 Å². The molecule has 0 aliphatic heterocycles. The van der Waals surface area contributed by atoms with E-state index < -0.39 is 0 Å². The predicted octanol–water partition coefficient (Wildman–Crippen LogP) is 3.34. The molecule has 0 aromatic heterocycles. The minimum Gasteiger partial charge on any atom is -0.392 e. The summed E-state index contributed by atoms with van der Waals surface area (Å²) in [6.45, 7) is 1.22. The SMILES string of the molecule is O=C(NCc1ccccc1CO)NCC1CCCCCCC1. The zero-order chi connectivity index (χ0) is 15.6. The first-order valence-electron chi connectivity index (χ1n) is 8.49. The normalized spacial score (nSPS) is 16.6. The maximum atomic E-state index is 11.9. The molecule has 2 rings (SSSR count). The maximum absolute atomic E-state index is 11.9. The summed E-state index contributed by atoms with van der Waals surface area (Å²) in [4.78, 5) is 11.9. The van der Waals surface area contributed by atoms with Crippen LogP contribution in [0, 0.1) is 5.92 Å². The van der Waals surface area contributed by atoms with Gasteiger partial charge in [0.15, 0.2) is 0 Å². The molecule has 0 spiro atoms. The lowest BCUT2D eigenvalue weighted by Crippen LogP contribution is -2.38. The summed E-state index contributed by atoms with van der Waals surface area (Å²) in [5.74, 6) is 0.621. The second kappa shape index (κ2) is 9.46. The van der Waals surface area contributed by atoms with E-state index in [0.29, 0.717) is 12.5 Å². The molecule has 122 valence electrons. The van der Waals surface area contributed by atoms with Crippen LogP contribution in [-0.4, -0.2) is 17.7 Å². The molecule has 22 heavy (non-hydrogen) atoms.